The van der Waals surface area contributed by atoms with E-state index in [1.807, 2.05) is 0 Å². The summed E-state index contributed by atoms with van der Waals surface area (Å²) in [5.74, 6) is -0.936. The fraction of sp³-hybridized carbons (Fsp3) is 0.500. The summed E-state index contributed by atoms with van der Waals surface area (Å²) in [6.07, 6.45) is 2.88. The molecule has 0 saturated carbocycles. The van der Waals surface area contributed by atoms with Crippen molar-refractivity contribution in [2.24, 2.45) is 5.92 Å². The van der Waals surface area contributed by atoms with E-state index in [0.29, 0.717) is 25.1 Å². The minimum atomic E-state index is -0.886. The van der Waals surface area contributed by atoms with Crippen LogP contribution in [0.15, 0.2) is 12.1 Å². The summed E-state index contributed by atoms with van der Waals surface area (Å²) >= 11 is 0. The van der Waals surface area contributed by atoms with Gasteiger partial charge in [-0.05, 0) is 24.8 Å². The first-order valence-electron chi connectivity index (χ1n) is 6.96. The fourth-order valence-corrected chi connectivity index (χ4v) is 2.65. The first-order valence-corrected chi connectivity index (χ1v) is 6.96. The van der Waals surface area contributed by atoms with Crippen molar-refractivity contribution in [3.05, 3.63) is 33.6 Å². The summed E-state index contributed by atoms with van der Waals surface area (Å²) in [6, 6.07) is 1.77. The molecule has 1 aromatic rings. The van der Waals surface area contributed by atoms with Crippen molar-refractivity contribution >= 4 is 17.3 Å². The van der Waals surface area contributed by atoms with Gasteiger partial charge in [0.25, 0.3) is 11.6 Å². The first-order chi connectivity index (χ1) is 9.93. The molecule has 1 aromatic carbocycles. The van der Waals surface area contributed by atoms with E-state index in [0.717, 1.165) is 25.3 Å². The smallest absolute Gasteiger partial charge is 0.285 e. The van der Waals surface area contributed by atoms with Crippen molar-refractivity contribution in [2.75, 3.05) is 18.8 Å². The van der Waals surface area contributed by atoms with Crippen molar-refractivity contribution < 1.29 is 14.1 Å². The van der Waals surface area contributed by atoms with Crippen LogP contribution >= 0.6 is 0 Å². The molecule has 0 aliphatic carbocycles. The molecule has 0 radical (unpaired) electrons. The van der Waals surface area contributed by atoms with Crippen LogP contribution in [-0.4, -0.2) is 28.8 Å². The molecule has 6 nitrogen and oxygen atoms in total. The Balaban J connectivity index is 2.34. The molecule has 0 spiro atoms. The standard InChI is InChI=1S/C14H18FN3O3/c1-2-9-4-3-5-17(8-9)14(19)10-6-12(16)11(15)7-13(10)18(20)21/h6-7,9H,2-5,8,16H2,1H3. The van der Waals surface area contributed by atoms with Crippen molar-refractivity contribution in [1.29, 1.82) is 0 Å². The number of carbonyl (C=O) groups is 1. The number of nitro groups is 1. The number of nitro benzene ring substituents is 1. The maximum Gasteiger partial charge on any atom is 0.285 e. The normalized spacial score (nSPS) is 18.6. The summed E-state index contributed by atoms with van der Waals surface area (Å²) < 4.78 is 13.4. The molecule has 21 heavy (non-hydrogen) atoms. The predicted octanol–water partition coefficient (Wildman–Crippen LogP) is 2.58. The van der Waals surface area contributed by atoms with Crippen LogP contribution in [0.1, 0.15) is 36.5 Å². The summed E-state index contributed by atoms with van der Waals surface area (Å²) in [5.41, 5.74) is 4.51. The van der Waals surface area contributed by atoms with E-state index in [1.54, 1.807) is 4.90 Å². The van der Waals surface area contributed by atoms with Crippen LogP contribution in [-0.2, 0) is 0 Å². The molecule has 1 saturated heterocycles. The molecule has 114 valence electrons. The van der Waals surface area contributed by atoms with E-state index >= 15 is 0 Å². The summed E-state index contributed by atoms with van der Waals surface area (Å²) in [6.45, 7) is 3.19. The Kier molecular flexibility index (Phi) is 4.40. The molecule has 2 N–H and O–H groups in total. The number of halogens is 1. The van der Waals surface area contributed by atoms with E-state index in [9.17, 15) is 19.3 Å². The van der Waals surface area contributed by atoms with Gasteiger partial charge in [-0.2, -0.15) is 0 Å². The lowest BCUT2D eigenvalue weighted by Crippen LogP contribution is -2.40. The second-order valence-corrected chi connectivity index (χ2v) is 5.32. The van der Waals surface area contributed by atoms with Gasteiger partial charge < -0.3 is 10.6 Å². The van der Waals surface area contributed by atoms with E-state index in [1.165, 1.54) is 0 Å². The number of rotatable bonds is 3. The topological polar surface area (TPSA) is 89.5 Å². The van der Waals surface area contributed by atoms with E-state index < -0.39 is 22.3 Å². The van der Waals surface area contributed by atoms with Gasteiger partial charge in [0, 0.05) is 13.1 Å². The fourth-order valence-electron chi connectivity index (χ4n) is 2.65. The Morgan fingerprint density at radius 3 is 2.90 bits per heavy atom. The minimum absolute atomic E-state index is 0.143. The molecule has 1 atom stereocenters. The van der Waals surface area contributed by atoms with Crippen LogP contribution in [0, 0.1) is 21.8 Å². The van der Waals surface area contributed by atoms with E-state index in [4.69, 9.17) is 5.73 Å². The number of hydrogen-bond acceptors (Lipinski definition) is 4. The highest BCUT2D eigenvalue weighted by atomic mass is 19.1. The van der Waals surface area contributed by atoms with Crippen LogP contribution < -0.4 is 5.73 Å². The highest BCUT2D eigenvalue weighted by Crippen LogP contribution is 2.28. The second-order valence-electron chi connectivity index (χ2n) is 5.32. The van der Waals surface area contributed by atoms with Gasteiger partial charge in [-0.15, -0.1) is 0 Å². The molecular weight excluding hydrogens is 277 g/mol. The number of nitrogen functional groups attached to an aromatic ring is 1. The number of nitrogens with two attached hydrogens (primary N) is 1. The molecule has 1 unspecified atom stereocenters. The molecule has 0 aromatic heterocycles. The number of carbonyl (C=O) groups excluding carboxylic acids is 1. The predicted molar refractivity (Wildman–Crippen MR) is 76.4 cm³/mol. The van der Waals surface area contributed by atoms with Gasteiger partial charge in [0.15, 0.2) is 5.82 Å². The summed E-state index contributed by atoms with van der Waals surface area (Å²) in [4.78, 5) is 24.4. The lowest BCUT2D eigenvalue weighted by atomic mass is 9.95. The number of hydrogen-bond donors (Lipinski definition) is 1. The molecule has 1 amide bonds. The van der Waals surface area contributed by atoms with Crippen molar-refractivity contribution in [2.45, 2.75) is 26.2 Å². The van der Waals surface area contributed by atoms with Crippen LogP contribution in [0.3, 0.4) is 0 Å². The Bertz CT molecular complexity index is 577. The van der Waals surface area contributed by atoms with Crippen molar-refractivity contribution in [1.82, 2.24) is 4.90 Å². The first kappa shape index (κ1) is 15.2. The third-order valence-electron chi connectivity index (χ3n) is 3.93. The monoisotopic (exact) mass is 295 g/mol. The average molecular weight is 295 g/mol. The molecule has 7 heteroatoms. The van der Waals surface area contributed by atoms with Gasteiger partial charge in [0.1, 0.15) is 5.56 Å². The van der Waals surface area contributed by atoms with Crippen LogP contribution in [0.4, 0.5) is 15.8 Å². The van der Waals surface area contributed by atoms with E-state index in [-0.39, 0.29) is 11.3 Å². The largest absolute Gasteiger partial charge is 0.396 e. The van der Waals surface area contributed by atoms with Crippen LogP contribution in [0.2, 0.25) is 0 Å². The zero-order valence-corrected chi connectivity index (χ0v) is 11.8. The van der Waals surface area contributed by atoms with Gasteiger partial charge in [-0.1, -0.05) is 13.3 Å². The Morgan fingerprint density at radius 2 is 2.29 bits per heavy atom. The highest BCUT2D eigenvalue weighted by Gasteiger charge is 2.29. The lowest BCUT2D eigenvalue weighted by Gasteiger charge is -2.32. The van der Waals surface area contributed by atoms with Crippen molar-refractivity contribution in [3.63, 3.8) is 0 Å². The van der Waals surface area contributed by atoms with Gasteiger partial charge in [0.2, 0.25) is 0 Å². The third-order valence-corrected chi connectivity index (χ3v) is 3.93. The number of nitrogens with zero attached hydrogens (tertiary/aromatic N) is 2. The molecule has 1 aliphatic heterocycles. The zero-order chi connectivity index (χ0) is 15.6. The highest BCUT2D eigenvalue weighted by molar-refractivity contribution is 5.99. The van der Waals surface area contributed by atoms with Gasteiger partial charge in [-0.3, -0.25) is 14.9 Å². The van der Waals surface area contributed by atoms with E-state index in [2.05, 4.69) is 6.92 Å². The minimum Gasteiger partial charge on any atom is -0.396 e. The second kappa shape index (κ2) is 6.07. The Labute approximate surface area is 121 Å². The molecule has 1 heterocycles. The SMILES string of the molecule is CCC1CCCN(C(=O)c2cc(N)c(F)cc2[N+](=O)[O-])C1. The maximum absolute atomic E-state index is 13.4. The average Bonchev–Trinajstić information content (AvgIpc) is 2.48. The number of benzene rings is 1. The molecule has 0 bridgehead atoms. The van der Waals surface area contributed by atoms with Crippen LogP contribution in [0.5, 0.6) is 0 Å². The third kappa shape index (κ3) is 3.12. The van der Waals surface area contributed by atoms with Crippen LogP contribution in [0.25, 0.3) is 0 Å². The molecule has 2 rings (SSSR count). The van der Waals surface area contributed by atoms with Crippen molar-refractivity contribution in [3.8, 4) is 0 Å². The Hall–Kier alpha value is -2.18. The molecule has 1 aliphatic rings. The summed E-state index contributed by atoms with van der Waals surface area (Å²) in [7, 11) is 0. The summed E-state index contributed by atoms with van der Waals surface area (Å²) in [5, 5.41) is 11.0. The quantitative estimate of drug-likeness (QED) is 0.527. The number of amides is 1. The Morgan fingerprint density at radius 1 is 1.57 bits per heavy atom. The number of anilines is 1. The maximum atomic E-state index is 13.4. The molecular formula is C14H18FN3O3. The zero-order valence-electron chi connectivity index (χ0n) is 11.8. The number of likely N-dealkylation sites (tertiary alicyclic amines) is 1. The van der Waals surface area contributed by atoms with Gasteiger partial charge in [-0.25, -0.2) is 4.39 Å². The number of piperidine rings is 1. The molecule has 1 fully saturated rings. The van der Waals surface area contributed by atoms with Gasteiger partial charge in [0.05, 0.1) is 16.7 Å². The van der Waals surface area contributed by atoms with Gasteiger partial charge >= 0.3 is 0 Å². The lowest BCUT2D eigenvalue weighted by molar-refractivity contribution is -0.385.